The van der Waals surface area contributed by atoms with Crippen molar-refractivity contribution in [2.45, 2.75) is 47.0 Å². The SMILES string of the molecule is CCNCC(CCCCOC)C(C)(C)C. The fourth-order valence-corrected chi connectivity index (χ4v) is 1.80. The molecule has 15 heavy (non-hydrogen) atoms. The fourth-order valence-electron chi connectivity index (χ4n) is 1.80. The standard InChI is InChI=1S/C13H29NO/c1-6-14-11-12(13(2,3)4)9-7-8-10-15-5/h12,14H,6-11H2,1-5H3. The molecular formula is C13H29NO. The van der Waals surface area contributed by atoms with Crippen LogP contribution in [-0.4, -0.2) is 26.8 Å². The molecule has 0 radical (unpaired) electrons. The molecule has 0 aromatic carbocycles. The zero-order valence-corrected chi connectivity index (χ0v) is 11.2. The van der Waals surface area contributed by atoms with E-state index in [4.69, 9.17) is 4.74 Å². The van der Waals surface area contributed by atoms with Gasteiger partial charge in [0, 0.05) is 13.7 Å². The Balaban J connectivity index is 3.81. The lowest BCUT2D eigenvalue weighted by Gasteiger charge is -2.31. The first-order valence-electron chi connectivity index (χ1n) is 6.22. The van der Waals surface area contributed by atoms with Crippen molar-refractivity contribution in [3.8, 4) is 0 Å². The summed E-state index contributed by atoms with van der Waals surface area (Å²) in [7, 11) is 1.78. The molecule has 0 amide bonds. The first-order valence-corrected chi connectivity index (χ1v) is 6.22. The molecule has 2 nitrogen and oxygen atoms in total. The lowest BCUT2D eigenvalue weighted by Crippen LogP contribution is -2.31. The minimum Gasteiger partial charge on any atom is -0.385 e. The van der Waals surface area contributed by atoms with E-state index in [2.05, 4.69) is 33.0 Å². The number of nitrogens with one attached hydrogen (secondary N) is 1. The molecule has 0 heterocycles. The van der Waals surface area contributed by atoms with E-state index in [1.54, 1.807) is 7.11 Å². The highest BCUT2D eigenvalue weighted by atomic mass is 16.5. The second kappa shape index (κ2) is 8.12. The second-order valence-electron chi connectivity index (χ2n) is 5.36. The molecule has 0 saturated heterocycles. The smallest absolute Gasteiger partial charge is 0.0462 e. The van der Waals surface area contributed by atoms with E-state index in [1.807, 2.05) is 0 Å². The monoisotopic (exact) mass is 215 g/mol. The number of unbranched alkanes of at least 4 members (excludes halogenated alkanes) is 1. The van der Waals surface area contributed by atoms with Crippen molar-refractivity contribution < 1.29 is 4.74 Å². The van der Waals surface area contributed by atoms with Gasteiger partial charge in [0.25, 0.3) is 0 Å². The van der Waals surface area contributed by atoms with Crippen molar-refractivity contribution in [1.29, 1.82) is 0 Å². The Labute approximate surface area is 95.8 Å². The van der Waals surface area contributed by atoms with Crippen LogP contribution in [0.1, 0.15) is 47.0 Å². The summed E-state index contributed by atoms with van der Waals surface area (Å²) in [6, 6.07) is 0. The zero-order chi connectivity index (χ0) is 11.7. The van der Waals surface area contributed by atoms with Crippen molar-refractivity contribution >= 4 is 0 Å². The molecular weight excluding hydrogens is 186 g/mol. The molecule has 0 fully saturated rings. The summed E-state index contributed by atoms with van der Waals surface area (Å²) in [5.74, 6) is 0.773. The molecule has 0 aliphatic heterocycles. The Hall–Kier alpha value is -0.0800. The molecule has 0 aromatic rings. The molecule has 92 valence electrons. The van der Waals surface area contributed by atoms with Crippen LogP contribution in [0.25, 0.3) is 0 Å². The third kappa shape index (κ3) is 7.80. The second-order valence-corrected chi connectivity index (χ2v) is 5.36. The van der Waals surface area contributed by atoms with E-state index in [1.165, 1.54) is 19.3 Å². The average molecular weight is 215 g/mol. The Morgan fingerprint density at radius 2 is 1.87 bits per heavy atom. The summed E-state index contributed by atoms with van der Waals surface area (Å²) >= 11 is 0. The molecule has 0 aromatic heterocycles. The van der Waals surface area contributed by atoms with Crippen LogP contribution in [-0.2, 0) is 4.74 Å². The van der Waals surface area contributed by atoms with Gasteiger partial charge >= 0.3 is 0 Å². The van der Waals surface area contributed by atoms with Crippen LogP contribution in [0.4, 0.5) is 0 Å². The summed E-state index contributed by atoms with van der Waals surface area (Å²) in [5, 5.41) is 3.46. The quantitative estimate of drug-likeness (QED) is 0.628. The van der Waals surface area contributed by atoms with Gasteiger partial charge in [0.1, 0.15) is 0 Å². The van der Waals surface area contributed by atoms with Gasteiger partial charge < -0.3 is 10.1 Å². The third-order valence-electron chi connectivity index (χ3n) is 3.02. The van der Waals surface area contributed by atoms with Crippen molar-refractivity contribution in [3.63, 3.8) is 0 Å². The maximum absolute atomic E-state index is 5.07. The Kier molecular flexibility index (Phi) is 8.07. The van der Waals surface area contributed by atoms with Gasteiger partial charge in [-0.3, -0.25) is 0 Å². The van der Waals surface area contributed by atoms with E-state index >= 15 is 0 Å². The summed E-state index contributed by atoms with van der Waals surface area (Å²) in [4.78, 5) is 0. The maximum Gasteiger partial charge on any atom is 0.0462 e. The Morgan fingerprint density at radius 1 is 1.20 bits per heavy atom. The van der Waals surface area contributed by atoms with Crippen LogP contribution in [0.15, 0.2) is 0 Å². The molecule has 0 aliphatic carbocycles. The van der Waals surface area contributed by atoms with Crippen molar-refractivity contribution in [2.75, 3.05) is 26.8 Å². The number of ether oxygens (including phenoxy) is 1. The van der Waals surface area contributed by atoms with Crippen molar-refractivity contribution in [1.82, 2.24) is 5.32 Å². The predicted molar refractivity (Wildman–Crippen MR) is 67.2 cm³/mol. The minimum atomic E-state index is 0.412. The molecule has 1 unspecified atom stereocenters. The molecule has 1 N–H and O–H groups in total. The molecule has 1 atom stereocenters. The molecule has 0 spiro atoms. The van der Waals surface area contributed by atoms with E-state index in [0.717, 1.165) is 25.6 Å². The summed E-state index contributed by atoms with van der Waals surface area (Å²) < 4.78 is 5.07. The van der Waals surface area contributed by atoms with Gasteiger partial charge in [-0.2, -0.15) is 0 Å². The van der Waals surface area contributed by atoms with E-state index in [-0.39, 0.29) is 0 Å². The van der Waals surface area contributed by atoms with Gasteiger partial charge in [0.2, 0.25) is 0 Å². The highest BCUT2D eigenvalue weighted by Crippen LogP contribution is 2.29. The topological polar surface area (TPSA) is 21.3 Å². The van der Waals surface area contributed by atoms with Gasteiger partial charge in [-0.05, 0) is 37.3 Å². The van der Waals surface area contributed by atoms with Gasteiger partial charge in [0.05, 0.1) is 0 Å². The fraction of sp³-hybridized carbons (Fsp3) is 1.00. The van der Waals surface area contributed by atoms with E-state index in [9.17, 15) is 0 Å². The van der Waals surface area contributed by atoms with Crippen LogP contribution in [0.5, 0.6) is 0 Å². The largest absolute Gasteiger partial charge is 0.385 e. The average Bonchev–Trinajstić information content (AvgIpc) is 2.15. The van der Waals surface area contributed by atoms with Crippen LogP contribution in [0.3, 0.4) is 0 Å². The lowest BCUT2D eigenvalue weighted by atomic mass is 9.78. The number of hydrogen-bond acceptors (Lipinski definition) is 2. The van der Waals surface area contributed by atoms with Gasteiger partial charge in [0.15, 0.2) is 0 Å². The maximum atomic E-state index is 5.07. The summed E-state index contributed by atoms with van der Waals surface area (Å²) in [5.41, 5.74) is 0.412. The first kappa shape index (κ1) is 14.9. The molecule has 0 aliphatic rings. The Bertz CT molecular complexity index is 140. The summed E-state index contributed by atoms with van der Waals surface area (Å²) in [6.45, 7) is 12.3. The third-order valence-corrected chi connectivity index (χ3v) is 3.02. The lowest BCUT2D eigenvalue weighted by molar-refractivity contribution is 0.176. The zero-order valence-electron chi connectivity index (χ0n) is 11.2. The number of methoxy groups -OCH3 is 1. The van der Waals surface area contributed by atoms with Crippen molar-refractivity contribution in [2.24, 2.45) is 11.3 Å². The minimum absolute atomic E-state index is 0.412. The van der Waals surface area contributed by atoms with Gasteiger partial charge in [-0.1, -0.05) is 34.1 Å². The Morgan fingerprint density at radius 3 is 2.33 bits per heavy atom. The van der Waals surface area contributed by atoms with Crippen LogP contribution < -0.4 is 5.32 Å². The van der Waals surface area contributed by atoms with E-state index in [0.29, 0.717) is 5.41 Å². The molecule has 2 heteroatoms. The predicted octanol–water partition coefficient (Wildman–Crippen LogP) is 3.07. The van der Waals surface area contributed by atoms with Crippen LogP contribution >= 0.6 is 0 Å². The number of rotatable bonds is 8. The molecule has 0 rings (SSSR count). The van der Waals surface area contributed by atoms with Gasteiger partial charge in [-0.15, -0.1) is 0 Å². The number of hydrogen-bond donors (Lipinski definition) is 1. The van der Waals surface area contributed by atoms with Crippen LogP contribution in [0.2, 0.25) is 0 Å². The normalized spacial score (nSPS) is 14.2. The van der Waals surface area contributed by atoms with Crippen LogP contribution in [0, 0.1) is 11.3 Å². The first-order chi connectivity index (χ1) is 7.02. The molecule has 0 bridgehead atoms. The highest BCUT2D eigenvalue weighted by Gasteiger charge is 2.23. The van der Waals surface area contributed by atoms with Crippen molar-refractivity contribution in [3.05, 3.63) is 0 Å². The van der Waals surface area contributed by atoms with Gasteiger partial charge in [-0.25, -0.2) is 0 Å². The van der Waals surface area contributed by atoms with E-state index < -0.39 is 0 Å². The molecule has 0 saturated carbocycles. The highest BCUT2D eigenvalue weighted by molar-refractivity contribution is 4.75. The summed E-state index contributed by atoms with van der Waals surface area (Å²) in [6.07, 6.45) is 3.77.